The van der Waals surface area contributed by atoms with Crippen LogP contribution in [0.15, 0.2) is 18.2 Å². The van der Waals surface area contributed by atoms with Crippen molar-refractivity contribution in [2.45, 2.75) is 25.5 Å². The molecule has 2 rings (SSSR count). The highest BCUT2D eigenvalue weighted by atomic mass is 19.1. The smallest absolute Gasteiger partial charge is 0.123 e. The molecule has 1 aromatic rings. The van der Waals surface area contributed by atoms with Gasteiger partial charge in [-0.25, -0.2) is 4.39 Å². The van der Waals surface area contributed by atoms with Gasteiger partial charge in [-0.05, 0) is 43.1 Å². The van der Waals surface area contributed by atoms with Crippen LogP contribution in [0.4, 0.5) is 4.39 Å². The molecule has 0 aromatic heterocycles. The monoisotopic (exact) mass is 248 g/mol. The zero-order valence-electron chi connectivity index (χ0n) is 10.5. The highest BCUT2D eigenvalue weighted by Crippen LogP contribution is 2.18. The normalized spacial score (nSPS) is 20.6. The molecule has 0 N–H and O–H groups in total. The molecule has 0 amide bonds. The number of hydrogen-bond donors (Lipinski definition) is 0. The number of nitrogens with zero attached hydrogens (tertiary/aromatic N) is 2. The van der Waals surface area contributed by atoms with Crippen LogP contribution in [0, 0.1) is 17.1 Å². The Balaban J connectivity index is 2.09. The molecule has 96 valence electrons. The van der Waals surface area contributed by atoms with Crippen LogP contribution in [0.1, 0.15) is 24.0 Å². The molecule has 0 aliphatic carbocycles. The number of piperidine rings is 1. The summed E-state index contributed by atoms with van der Waals surface area (Å²) in [6, 6.07) is 6.44. The molecule has 1 saturated heterocycles. The van der Waals surface area contributed by atoms with Crippen molar-refractivity contribution in [1.29, 1.82) is 5.26 Å². The van der Waals surface area contributed by atoms with Gasteiger partial charge in [0.05, 0.1) is 17.7 Å². The number of benzene rings is 1. The fourth-order valence-electron chi connectivity index (χ4n) is 2.39. The molecule has 1 fully saturated rings. The Labute approximate surface area is 107 Å². The van der Waals surface area contributed by atoms with Crippen LogP contribution in [-0.4, -0.2) is 31.2 Å². The first-order valence-electron chi connectivity index (χ1n) is 6.16. The molecule has 18 heavy (non-hydrogen) atoms. The van der Waals surface area contributed by atoms with E-state index in [4.69, 9.17) is 10.00 Å². The second kappa shape index (κ2) is 5.94. The minimum absolute atomic E-state index is 0.248. The average Bonchev–Trinajstić information content (AvgIpc) is 2.39. The standard InChI is InChI=1S/C14H17FN2O/c1-18-14-3-2-6-17(10-14)9-12-7-13(15)5-4-11(12)8-16/h4-5,7,14H,2-3,6,9-10H2,1H3. The van der Waals surface area contributed by atoms with Crippen LogP contribution in [-0.2, 0) is 11.3 Å². The maximum absolute atomic E-state index is 13.2. The van der Waals surface area contributed by atoms with E-state index in [1.54, 1.807) is 13.2 Å². The van der Waals surface area contributed by atoms with Gasteiger partial charge in [-0.2, -0.15) is 5.26 Å². The molecule has 3 nitrogen and oxygen atoms in total. The van der Waals surface area contributed by atoms with Crippen LogP contribution in [0.25, 0.3) is 0 Å². The largest absolute Gasteiger partial charge is 0.380 e. The molecular formula is C14H17FN2O. The highest BCUT2D eigenvalue weighted by molar-refractivity contribution is 5.37. The lowest BCUT2D eigenvalue weighted by Crippen LogP contribution is -2.38. The molecule has 1 aromatic carbocycles. The minimum Gasteiger partial charge on any atom is -0.380 e. The summed E-state index contributed by atoms with van der Waals surface area (Å²) in [7, 11) is 1.72. The first-order chi connectivity index (χ1) is 8.72. The molecule has 0 radical (unpaired) electrons. The summed E-state index contributed by atoms with van der Waals surface area (Å²) >= 11 is 0. The lowest BCUT2D eigenvalue weighted by atomic mass is 10.0. The second-order valence-corrected chi connectivity index (χ2v) is 4.65. The van der Waals surface area contributed by atoms with Crippen molar-refractivity contribution in [3.05, 3.63) is 35.1 Å². The molecule has 0 bridgehead atoms. The van der Waals surface area contributed by atoms with E-state index < -0.39 is 0 Å². The van der Waals surface area contributed by atoms with Crippen molar-refractivity contribution in [1.82, 2.24) is 4.90 Å². The molecule has 4 heteroatoms. The average molecular weight is 248 g/mol. The number of halogens is 1. The zero-order chi connectivity index (χ0) is 13.0. The SMILES string of the molecule is COC1CCCN(Cc2cc(F)ccc2C#N)C1. The van der Waals surface area contributed by atoms with E-state index in [1.807, 2.05) is 0 Å². The maximum atomic E-state index is 13.2. The number of rotatable bonds is 3. The van der Waals surface area contributed by atoms with Gasteiger partial charge in [-0.3, -0.25) is 4.90 Å². The number of nitriles is 1. The molecule has 1 aliphatic rings. The minimum atomic E-state index is -0.288. The second-order valence-electron chi connectivity index (χ2n) is 4.65. The molecule has 0 saturated carbocycles. The topological polar surface area (TPSA) is 36.3 Å². The van der Waals surface area contributed by atoms with Crippen molar-refractivity contribution >= 4 is 0 Å². The van der Waals surface area contributed by atoms with Crippen LogP contribution in [0.3, 0.4) is 0 Å². The van der Waals surface area contributed by atoms with Crippen molar-refractivity contribution in [2.75, 3.05) is 20.2 Å². The van der Waals surface area contributed by atoms with Gasteiger partial charge in [0.2, 0.25) is 0 Å². The first-order valence-corrected chi connectivity index (χ1v) is 6.16. The molecular weight excluding hydrogens is 231 g/mol. The predicted octanol–water partition coefficient (Wildman–Crippen LogP) is 2.31. The van der Waals surface area contributed by atoms with Crippen LogP contribution in [0.5, 0.6) is 0 Å². The van der Waals surface area contributed by atoms with E-state index in [2.05, 4.69) is 11.0 Å². The fourth-order valence-corrected chi connectivity index (χ4v) is 2.39. The first kappa shape index (κ1) is 13.0. The van der Waals surface area contributed by atoms with E-state index in [9.17, 15) is 4.39 Å². The quantitative estimate of drug-likeness (QED) is 0.823. The molecule has 1 atom stereocenters. The molecule has 0 spiro atoms. The predicted molar refractivity (Wildman–Crippen MR) is 66.4 cm³/mol. The zero-order valence-corrected chi connectivity index (χ0v) is 10.5. The summed E-state index contributed by atoms with van der Waals surface area (Å²) in [6.07, 6.45) is 2.40. The van der Waals surface area contributed by atoms with Crippen molar-refractivity contribution in [2.24, 2.45) is 0 Å². The summed E-state index contributed by atoms with van der Waals surface area (Å²) in [5, 5.41) is 9.02. The van der Waals surface area contributed by atoms with Crippen molar-refractivity contribution in [3.63, 3.8) is 0 Å². The third-order valence-electron chi connectivity index (χ3n) is 3.38. The van der Waals surface area contributed by atoms with Gasteiger partial charge in [-0.15, -0.1) is 0 Å². The lowest BCUT2D eigenvalue weighted by molar-refractivity contribution is 0.0285. The third-order valence-corrected chi connectivity index (χ3v) is 3.38. The van der Waals surface area contributed by atoms with E-state index in [1.165, 1.54) is 12.1 Å². The molecule has 1 aliphatic heterocycles. The van der Waals surface area contributed by atoms with E-state index in [-0.39, 0.29) is 11.9 Å². The fraction of sp³-hybridized carbons (Fsp3) is 0.500. The Hall–Kier alpha value is -1.44. The van der Waals surface area contributed by atoms with E-state index in [0.29, 0.717) is 12.1 Å². The van der Waals surface area contributed by atoms with Gasteiger partial charge in [0, 0.05) is 20.2 Å². The molecule has 1 unspecified atom stereocenters. The van der Waals surface area contributed by atoms with Gasteiger partial charge >= 0.3 is 0 Å². The van der Waals surface area contributed by atoms with Gasteiger partial charge in [0.1, 0.15) is 5.82 Å². The van der Waals surface area contributed by atoms with Gasteiger partial charge in [0.15, 0.2) is 0 Å². The summed E-state index contributed by atoms with van der Waals surface area (Å²) in [5.74, 6) is -0.288. The summed E-state index contributed by atoms with van der Waals surface area (Å²) in [4.78, 5) is 2.22. The van der Waals surface area contributed by atoms with Gasteiger partial charge < -0.3 is 4.74 Å². The van der Waals surface area contributed by atoms with Crippen LogP contribution < -0.4 is 0 Å². The summed E-state index contributed by atoms with van der Waals surface area (Å²) in [6.45, 7) is 2.43. The Morgan fingerprint density at radius 1 is 1.56 bits per heavy atom. The van der Waals surface area contributed by atoms with Gasteiger partial charge in [-0.1, -0.05) is 0 Å². The maximum Gasteiger partial charge on any atom is 0.123 e. The Kier molecular flexibility index (Phi) is 4.29. The lowest BCUT2D eigenvalue weighted by Gasteiger charge is -2.32. The van der Waals surface area contributed by atoms with Crippen LogP contribution in [0.2, 0.25) is 0 Å². The Bertz CT molecular complexity index is 456. The number of likely N-dealkylation sites (tertiary alicyclic amines) is 1. The molecule has 1 heterocycles. The third kappa shape index (κ3) is 3.06. The van der Waals surface area contributed by atoms with Crippen molar-refractivity contribution < 1.29 is 9.13 Å². The van der Waals surface area contributed by atoms with Gasteiger partial charge in [0.25, 0.3) is 0 Å². The Morgan fingerprint density at radius 3 is 3.11 bits per heavy atom. The number of hydrogen-bond acceptors (Lipinski definition) is 3. The van der Waals surface area contributed by atoms with Crippen molar-refractivity contribution in [3.8, 4) is 6.07 Å². The summed E-state index contributed by atoms with van der Waals surface area (Å²) in [5.41, 5.74) is 1.31. The van der Waals surface area contributed by atoms with E-state index in [0.717, 1.165) is 31.5 Å². The summed E-state index contributed by atoms with van der Waals surface area (Å²) < 4.78 is 18.6. The van der Waals surface area contributed by atoms with E-state index >= 15 is 0 Å². The number of ether oxygens (including phenoxy) is 1. The van der Waals surface area contributed by atoms with Crippen LogP contribution >= 0.6 is 0 Å². The number of methoxy groups -OCH3 is 1. The highest BCUT2D eigenvalue weighted by Gasteiger charge is 2.20. The Morgan fingerprint density at radius 2 is 2.39 bits per heavy atom.